The molecular formula is C63H110O6. The van der Waals surface area contributed by atoms with Gasteiger partial charge in [0, 0.05) is 19.3 Å². The van der Waals surface area contributed by atoms with Gasteiger partial charge in [-0.1, -0.05) is 254 Å². The average molecular weight is 964 g/mol. The lowest BCUT2D eigenvalue weighted by Crippen LogP contribution is -2.30. The fourth-order valence-corrected chi connectivity index (χ4v) is 8.21. The highest BCUT2D eigenvalue weighted by Gasteiger charge is 2.19. The van der Waals surface area contributed by atoms with Crippen LogP contribution in [0.5, 0.6) is 0 Å². The Morgan fingerprint density at radius 3 is 0.899 bits per heavy atom. The number of esters is 3. The second kappa shape index (κ2) is 57.4. The Labute approximate surface area is 427 Å². The zero-order valence-electron chi connectivity index (χ0n) is 45.6. The average Bonchev–Trinajstić information content (AvgIpc) is 3.35. The third kappa shape index (κ3) is 55.6. The van der Waals surface area contributed by atoms with Gasteiger partial charge in [-0.15, -0.1) is 0 Å². The van der Waals surface area contributed by atoms with Crippen LogP contribution in [0.25, 0.3) is 0 Å². The van der Waals surface area contributed by atoms with Crippen LogP contribution < -0.4 is 0 Å². The summed E-state index contributed by atoms with van der Waals surface area (Å²) in [6.45, 7) is 6.56. The lowest BCUT2D eigenvalue weighted by Gasteiger charge is -2.18. The molecule has 0 bridgehead atoms. The summed E-state index contributed by atoms with van der Waals surface area (Å²) in [6, 6.07) is 0. The lowest BCUT2D eigenvalue weighted by atomic mass is 10.0. The first kappa shape index (κ1) is 65.8. The zero-order valence-corrected chi connectivity index (χ0v) is 45.6. The summed E-state index contributed by atoms with van der Waals surface area (Å²) in [7, 11) is 0. The Kier molecular flexibility index (Phi) is 54.8. The van der Waals surface area contributed by atoms with Gasteiger partial charge >= 0.3 is 17.9 Å². The SMILES string of the molecule is CCCC/C=C/C/C=C/CCCCCCCC(=O)OC[C@H](COC(=O)CCCCC/C=C/C/C=C/C/C=C/C/C=C/CCCCC)OC(=O)CCCCCCCCCCCCCCCCCCCC. The summed E-state index contributed by atoms with van der Waals surface area (Å²) in [6.07, 6.45) is 73.2. The van der Waals surface area contributed by atoms with E-state index in [1.165, 1.54) is 141 Å². The maximum absolute atomic E-state index is 12.9. The van der Waals surface area contributed by atoms with Crippen molar-refractivity contribution in [1.29, 1.82) is 0 Å². The molecule has 398 valence electrons. The van der Waals surface area contributed by atoms with Gasteiger partial charge in [-0.2, -0.15) is 0 Å². The third-order valence-electron chi connectivity index (χ3n) is 12.7. The molecule has 0 aromatic heterocycles. The first-order chi connectivity index (χ1) is 34.0. The number of ether oxygens (including phenoxy) is 3. The van der Waals surface area contributed by atoms with Gasteiger partial charge in [0.2, 0.25) is 0 Å². The fraction of sp³-hybridized carbons (Fsp3) is 0.762. The molecule has 0 unspecified atom stereocenters. The van der Waals surface area contributed by atoms with Crippen molar-refractivity contribution in [1.82, 2.24) is 0 Å². The van der Waals surface area contributed by atoms with Crippen LogP contribution in [0.2, 0.25) is 0 Å². The Hall–Kier alpha value is -3.15. The van der Waals surface area contributed by atoms with Crippen molar-refractivity contribution in [2.45, 2.75) is 297 Å². The summed E-state index contributed by atoms with van der Waals surface area (Å²) < 4.78 is 16.9. The standard InChI is InChI=1S/C63H110O6/c1-4-7-10-13-16-19-22-25-28-30-32-34-35-38-41-44-47-50-53-56-62(65)68-59-60(58-67-61(64)55-52-49-46-43-40-37-27-24-21-18-15-12-9-6-3)69-63(66)57-54-51-48-45-42-39-36-33-31-29-26-23-20-17-14-11-8-5-2/h15-16,18-19,24-25,27-28,32,34,38,41,60H,4-14,17,20-23,26,29-31,33,35-37,39-40,42-59H2,1-3H3/b18-15+,19-16+,27-24+,28-25+,34-32+,41-38+/t60-/m1/s1. The smallest absolute Gasteiger partial charge is 0.306 e. The van der Waals surface area contributed by atoms with E-state index in [0.717, 1.165) is 109 Å². The number of allylic oxidation sites excluding steroid dienone is 12. The Morgan fingerprint density at radius 2 is 0.536 bits per heavy atom. The second-order valence-electron chi connectivity index (χ2n) is 19.6. The molecule has 0 aromatic rings. The van der Waals surface area contributed by atoms with Crippen LogP contribution in [0.3, 0.4) is 0 Å². The van der Waals surface area contributed by atoms with Gasteiger partial charge in [0.15, 0.2) is 6.10 Å². The first-order valence-electron chi connectivity index (χ1n) is 29.4. The van der Waals surface area contributed by atoms with E-state index in [4.69, 9.17) is 14.2 Å². The molecule has 0 radical (unpaired) electrons. The van der Waals surface area contributed by atoms with Gasteiger partial charge in [0.1, 0.15) is 13.2 Å². The minimum absolute atomic E-state index is 0.0911. The van der Waals surface area contributed by atoms with E-state index >= 15 is 0 Å². The molecule has 0 heterocycles. The van der Waals surface area contributed by atoms with E-state index in [0.29, 0.717) is 19.3 Å². The highest BCUT2D eigenvalue weighted by Crippen LogP contribution is 2.16. The summed E-state index contributed by atoms with van der Waals surface area (Å²) >= 11 is 0. The van der Waals surface area contributed by atoms with E-state index in [1.54, 1.807) is 0 Å². The molecule has 0 aliphatic rings. The summed E-state index contributed by atoms with van der Waals surface area (Å²) in [5.41, 5.74) is 0. The largest absolute Gasteiger partial charge is 0.462 e. The Morgan fingerprint density at radius 1 is 0.290 bits per heavy atom. The topological polar surface area (TPSA) is 78.9 Å². The predicted molar refractivity (Wildman–Crippen MR) is 298 cm³/mol. The number of rotatable bonds is 53. The maximum atomic E-state index is 12.9. The van der Waals surface area contributed by atoms with Crippen LogP contribution in [0.15, 0.2) is 72.9 Å². The number of carbonyl (C=O) groups is 3. The quantitative estimate of drug-likeness (QED) is 0.0262. The van der Waals surface area contributed by atoms with Crippen LogP contribution >= 0.6 is 0 Å². The van der Waals surface area contributed by atoms with Crippen LogP contribution in [0.1, 0.15) is 290 Å². The first-order valence-corrected chi connectivity index (χ1v) is 29.4. The van der Waals surface area contributed by atoms with Gasteiger partial charge in [-0.25, -0.2) is 0 Å². The predicted octanol–water partition coefficient (Wildman–Crippen LogP) is 19.8. The molecule has 6 heteroatoms. The van der Waals surface area contributed by atoms with Gasteiger partial charge in [0.05, 0.1) is 0 Å². The van der Waals surface area contributed by atoms with E-state index in [1.807, 2.05) is 0 Å². The molecule has 0 saturated carbocycles. The molecule has 0 spiro atoms. The summed E-state index contributed by atoms with van der Waals surface area (Å²) in [4.78, 5) is 38.2. The molecular weight excluding hydrogens is 853 g/mol. The van der Waals surface area contributed by atoms with Crippen molar-refractivity contribution in [3.8, 4) is 0 Å². The highest BCUT2D eigenvalue weighted by molar-refractivity contribution is 5.71. The minimum Gasteiger partial charge on any atom is -0.462 e. The van der Waals surface area contributed by atoms with Gasteiger partial charge in [0.25, 0.3) is 0 Å². The molecule has 0 aromatic carbocycles. The van der Waals surface area contributed by atoms with Crippen molar-refractivity contribution in [3.05, 3.63) is 72.9 Å². The molecule has 0 aliphatic carbocycles. The van der Waals surface area contributed by atoms with Crippen molar-refractivity contribution in [3.63, 3.8) is 0 Å². The Bertz CT molecular complexity index is 1290. The van der Waals surface area contributed by atoms with E-state index in [9.17, 15) is 14.4 Å². The summed E-state index contributed by atoms with van der Waals surface area (Å²) in [5, 5.41) is 0. The third-order valence-corrected chi connectivity index (χ3v) is 12.7. The minimum atomic E-state index is -0.793. The van der Waals surface area contributed by atoms with Gasteiger partial charge in [-0.05, 0) is 89.9 Å². The summed E-state index contributed by atoms with van der Waals surface area (Å²) in [5.74, 6) is -0.924. The van der Waals surface area contributed by atoms with E-state index in [-0.39, 0.29) is 31.1 Å². The van der Waals surface area contributed by atoms with Gasteiger partial charge in [-0.3, -0.25) is 14.4 Å². The van der Waals surface area contributed by atoms with Gasteiger partial charge < -0.3 is 14.2 Å². The number of unbranched alkanes of at least 4 members (excludes halogenated alkanes) is 30. The molecule has 1 atom stereocenters. The lowest BCUT2D eigenvalue weighted by molar-refractivity contribution is -0.167. The van der Waals surface area contributed by atoms with Crippen LogP contribution in [0.4, 0.5) is 0 Å². The van der Waals surface area contributed by atoms with Crippen molar-refractivity contribution in [2.24, 2.45) is 0 Å². The highest BCUT2D eigenvalue weighted by atomic mass is 16.6. The second-order valence-corrected chi connectivity index (χ2v) is 19.6. The van der Waals surface area contributed by atoms with Crippen LogP contribution in [0, 0.1) is 0 Å². The van der Waals surface area contributed by atoms with Crippen molar-refractivity contribution in [2.75, 3.05) is 13.2 Å². The van der Waals surface area contributed by atoms with Crippen LogP contribution in [-0.4, -0.2) is 37.2 Å². The fourth-order valence-electron chi connectivity index (χ4n) is 8.21. The number of hydrogen-bond acceptors (Lipinski definition) is 6. The molecule has 0 rings (SSSR count). The maximum Gasteiger partial charge on any atom is 0.306 e. The molecule has 0 aliphatic heterocycles. The normalized spacial score (nSPS) is 12.6. The van der Waals surface area contributed by atoms with E-state index < -0.39 is 6.10 Å². The van der Waals surface area contributed by atoms with Crippen molar-refractivity contribution >= 4 is 17.9 Å². The molecule has 0 N–H and O–H groups in total. The molecule has 0 saturated heterocycles. The van der Waals surface area contributed by atoms with Crippen LogP contribution in [-0.2, 0) is 28.6 Å². The number of hydrogen-bond donors (Lipinski definition) is 0. The zero-order chi connectivity index (χ0) is 50.0. The van der Waals surface area contributed by atoms with E-state index in [2.05, 4.69) is 93.7 Å². The Balaban J connectivity index is 4.43. The number of carbonyl (C=O) groups excluding carboxylic acids is 3. The molecule has 0 fully saturated rings. The molecule has 69 heavy (non-hydrogen) atoms. The molecule has 6 nitrogen and oxygen atoms in total. The molecule has 0 amide bonds. The van der Waals surface area contributed by atoms with Crippen molar-refractivity contribution < 1.29 is 28.6 Å². The monoisotopic (exact) mass is 963 g/mol.